The molecule has 1 saturated heterocycles. The first-order chi connectivity index (χ1) is 12.7. The van der Waals surface area contributed by atoms with Crippen molar-refractivity contribution in [3.05, 3.63) is 40.4 Å². The van der Waals surface area contributed by atoms with Gasteiger partial charge in [0.25, 0.3) is 0 Å². The molecule has 6 nitrogen and oxygen atoms in total. The molecule has 2 heterocycles. The number of aryl methyl sites for hydroxylation is 1. The lowest BCUT2D eigenvalue weighted by atomic mass is 10.1. The van der Waals surface area contributed by atoms with Gasteiger partial charge in [0.05, 0.1) is 10.8 Å². The highest BCUT2D eigenvalue weighted by Gasteiger charge is 2.40. The summed E-state index contributed by atoms with van der Waals surface area (Å²) in [5, 5.41) is 2.66. The van der Waals surface area contributed by atoms with Crippen molar-refractivity contribution in [3.8, 4) is 0 Å². The molecule has 2 amide bonds. The summed E-state index contributed by atoms with van der Waals surface area (Å²) in [6, 6.07) is 6.80. The summed E-state index contributed by atoms with van der Waals surface area (Å²) in [5.74, 6) is -0.155. The number of alkyl carbamates (subject to hydrolysis) is 1. The Kier molecular flexibility index (Phi) is 5.42. The van der Waals surface area contributed by atoms with Crippen LogP contribution in [0.4, 0.5) is 4.79 Å². The van der Waals surface area contributed by atoms with Crippen LogP contribution in [0, 0.1) is 6.92 Å². The third kappa shape index (κ3) is 4.40. The number of carbonyl (C=O) groups excluding carboxylic acids is 2. The second-order valence-corrected chi connectivity index (χ2v) is 9.45. The van der Waals surface area contributed by atoms with E-state index < -0.39 is 28.5 Å². The van der Waals surface area contributed by atoms with Gasteiger partial charge in [-0.25, -0.2) is 9.00 Å². The van der Waals surface area contributed by atoms with Gasteiger partial charge in [-0.2, -0.15) is 0 Å². The minimum Gasteiger partial charge on any atom is -0.444 e. The van der Waals surface area contributed by atoms with Crippen molar-refractivity contribution < 1.29 is 18.5 Å². The standard InChI is InChI=1S/C20H26N2O4S/c1-13-7-9-14(10-8-13)27(25)17-12-15(21-19(24)26-20(2,3)4)18(23)22-11-5-6-16(17)22/h7-10,15H,5-6,11-12H2,1-4H3,(H,21,24)/t15-,27?/m0/s1. The molecule has 0 radical (unpaired) electrons. The van der Waals surface area contributed by atoms with E-state index in [0.717, 1.165) is 29.0 Å². The van der Waals surface area contributed by atoms with E-state index in [1.165, 1.54) is 0 Å². The Morgan fingerprint density at radius 3 is 2.56 bits per heavy atom. The van der Waals surface area contributed by atoms with Gasteiger partial charge in [0, 0.05) is 28.5 Å². The Morgan fingerprint density at radius 1 is 1.26 bits per heavy atom. The molecule has 1 aromatic carbocycles. The number of nitrogens with one attached hydrogen (secondary N) is 1. The zero-order valence-electron chi connectivity index (χ0n) is 16.2. The number of fused-ring (bicyclic) bond motifs is 1. The van der Waals surface area contributed by atoms with Crippen LogP contribution in [0.3, 0.4) is 0 Å². The summed E-state index contributed by atoms with van der Waals surface area (Å²) in [5.41, 5.74) is 1.30. The molecule has 1 unspecified atom stereocenters. The number of allylic oxidation sites excluding steroid dienone is 1. The lowest BCUT2D eigenvalue weighted by molar-refractivity contribution is -0.131. The average Bonchev–Trinajstić information content (AvgIpc) is 3.06. The molecule has 0 saturated carbocycles. The molecule has 3 rings (SSSR count). The summed E-state index contributed by atoms with van der Waals surface area (Å²) in [4.78, 5) is 28.0. The van der Waals surface area contributed by atoms with Crippen molar-refractivity contribution in [3.63, 3.8) is 0 Å². The molecule has 1 fully saturated rings. The first-order valence-corrected chi connectivity index (χ1v) is 10.3. The van der Waals surface area contributed by atoms with Crippen LogP contribution in [0.5, 0.6) is 0 Å². The van der Waals surface area contributed by atoms with Gasteiger partial charge in [-0.1, -0.05) is 17.7 Å². The molecule has 0 aromatic heterocycles. The number of rotatable bonds is 3. The fourth-order valence-corrected chi connectivity index (χ4v) is 4.75. The molecule has 2 aliphatic rings. The van der Waals surface area contributed by atoms with Crippen LogP contribution >= 0.6 is 0 Å². The van der Waals surface area contributed by atoms with Gasteiger partial charge < -0.3 is 15.0 Å². The number of hydrogen-bond donors (Lipinski definition) is 1. The van der Waals surface area contributed by atoms with Gasteiger partial charge in [0.15, 0.2) is 0 Å². The first kappa shape index (κ1) is 19.6. The third-order valence-corrected chi connectivity index (χ3v) is 6.10. The number of benzene rings is 1. The monoisotopic (exact) mass is 390 g/mol. The molecule has 1 N–H and O–H groups in total. The maximum atomic E-state index is 13.2. The van der Waals surface area contributed by atoms with E-state index in [9.17, 15) is 13.8 Å². The molecule has 0 aliphatic carbocycles. The van der Waals surface area contributed by atoms with E-state index >= 15 is 0 Å². The van der Waals surface area contributed by atoms with Crippen molar-refractivity contribution in [2.24, 2.45) is 0 Å². The molecular formula is C20H26N2O4S. The Morgan fingerprint density at radius 2 is 1.93 bits per heavy atom. The summed E-state index contributed by atoms with van der Waals surface area (Å²) >= 11 is 0. The van der Waals surface area contributed by atoms with Crippen molar-refractivity contribution in [1.82, 2.24) is 10.2 Å². The Bertz CT molecular complexity index is 808. The number of amides is 2. The van der Waals surface area contributed by atoms with Crippen LogP contribution in [0.15, 0.2) is 39.8 Å². The van der Waals surface area contributed by atoms with E-state index in [1.807, 2.05) is 31.2 Å². The largest absolute Gasteiger partial charge is 0.444 e. The Labute approximate surface area is 162 Å². The van der Waals surface area contributed by atoms with Crippen LogP contribution in [-0.2, 0) is 20.3 Å². The van der Waals surface area contributed by atoms with Gasteiger partial charge in [-0.3, -0.25) is 4.79 Å². The van der Waals surface area contributed by atoms with Gasteiger partial charge in [-0.15, -0.1) is 0 Å². The number of nitrogens with zero attached hydrogens (tertiary/aromatic N) is 1. The average molecular weight is 391 g/mol. The van der Waals surface area contributed by atoms with E-state index in [1.54, 1.807) is 25.7 Å². The van der Waals surface area contributed by atoms with Crippen LogP contribution in [0.25, 0.3) is 0 Å². The van der Waals surface area contributed by atoms with Gasteiger partial charge in [0.1, 0.15) is 11.6 Å². The zero-order chi connectivity index (χ0) is 19.8. The zero-order valence-corrected chi connectivity index (χ0v) is 17.0. The van der Waals surface area contributed by atoms with Crippen molar-refractivity contribution in [2.45, 2.75) is 63.5 Å². The molecule has 2 atom stereocenters. The molecule has 27 heavy (non-hydrogen) atoms. The molecular weight excluding hydrogens is 364 g/mol. The van der Waals surface area contributed by atoms with Crippen molar-refractivity contribution in [2.75, 3.05) is 6.54 Å². The smallest absolute Gasteiger partial charge is 0.408 e. The third-order valence-electron chi connectivity index (χ3n) is 4.55. The topological polar surface area (TPSA) is 75.7 Å². The number of carbonyl (C=O) groups is 2. The van der Waals surface area contributed by atoms with Crippen LogP contribution < -0.4 is 5.32 Å². The maximum absolute atomic E-state index is 13.2. The molecule has 146 valence electrons. The second kappa shape index (κ2) is 7.46. The van der Waals surface area contributed by atoms with Crippen LogP contribution in [0.1, 0.15) is 45.6 Å². The maximum Gasteiger partial charge on any atom is 0.408 e. The fourth-order valence-electron chi connectivity index (χ4n) is 3.34. The summed E-state index contributed by atoms with van der Waals surface area (Å²) < 4.78 is 18.5. The highest BCUT2D eigenvalue weighted by atomic mass is 32.2. The van der Waals surface area contributed by atoms with Crippen molar-refractivity contribution >= 4 is 22.8 Å². The minimum absolute atomic E-state index is 0.155. The quantitative estimate of drug-likeness (QED) is 0.860. The van der Waals surface area contributed by atoms with E-state index in [0.29, 0.717) is 11.4 Å². The van der Waals surface area contributed by atoms with E-state index in [2.05, 4.69) is 5.32 Å². The normalized spacial score (nSPS) is 21.1. The lowest BCUT2D eigenvalue weighted by Crippen LogP contribution is -2.51. The first-order valence-electron chi connectivity index (χ1n) is 9.17. The molecule has 7 heteroatoms. The Balaban J connectivity index is 1.85. The van der Waals surface area contributed by atoms with Crippen LogP contribution in [0.2, 0.25) is 0 Å². The predicted octanol–water partition coefficient (Wildman–Crippen LogP) is 3.23. The highest BCUT2D eigenvalue weighted by molar-refractivity contribution is 7.89. The van der Waals surface area contributed by atoms with Gasteiger partial charge in [0.2, 0.25) is 5.91 Å². The second-order valence-electron chi connectivity index (χ2n) is 7.95. The van der Waals surface area contributed by atoms with Crippen LogP contribution in [-0.4, -0.2) is 39.3 Å². The van der Waals surface area contributed by atoms with Gasteiger partial charge >= 0.3 is 6.09 Å². The summed E-state index contributed by atoms with van der Waals surface area (Å²) in [6.45, 7) is 7.88. The molecule has 0 bridgehead atoms. The number of hydrogen-bond acceptors (Lipinski definition) is 4. The lowest BCUT2D eigenvalue weighted by Gasteiger charge is -2.32. The predicted molar refractivity (Wildman–Crippen MR) is 103 cm³/mol. The van der Waals surface area contributed by atoms with E-state index in [4.69, 9.17) is 4.74 Å². The summed E-state index contributed by atoms with van der Waals surface area (Å²) in [7, 11) is -1.36. The SMILES string of the molecule is Cc1ccc(S(=O)C2=C3CCCN3C(=O)[C@@H](NC(=O)OC(C)(C)C)C2)cc1. The summed E-state index contributed by atoms with van der Waals surface area (Å²) in [6.07, 6.45) is 1.18. The highest BCUT2D eigenvalue weighted by Crippen LogP contribution is 2.35. The fraction of sp³-hybridized carbons (Fsp3) is 0.500. The van der Waals surface area contributed by atoms with E-state index in [-0.39, 0.29) is 12.3 Å². The molecule has 1 aromatic rings. The van der Waals surface area contributed by atoms with Crippen molar-refractivity contribution in [1.29, 1.82) is 0 Å². The van der Waals surface area contributed by atoms with Gasteiger partial charge in [-0.05, 0) is 52.7 Å². The number of ether oxygens (including phenoxy) is 1. The molecule has 2 aliphatic heterocycles. The minimum atomic E-state index is -1.36. The molecule has 0 spiro atoms. The Hall–Kier alpha value is -2.15.